The number of thioether (sulfide) groups is 1. The zero-order chi connectivity index (χ0) is 23.0. The Kier molecular flexibility index (Phi) is 6.48. The van der Waals surface area contributed by atoms with Crippen LogP contribution in [-0.4, -0.2) is 62.0 Å². The molecule has 2 N–H and O–H groups in total. The number of hydrogen-bond donors (Lipinski definition) is 2. The summed E-state index contributed by atoms with van der Waals surface area (Å²) in [5.74, 6) is 0.673. The Balaban J connectivity index is 1.57. The number of pyridine rings is 1. The first-order valence-corrected chi connectivity index (χ1v) is 13.3. The van der Waals surface area contributed by atoms with E-state index in [4.69, 9.17) is 4.74 Å². The molecule has 0 radical (unpaired) electrons. The molecule has 4 rings (SSSR count). The minimum atomic E-state index is -0.552. The molecule has 1 aliphatic rings. The van der Waals surface area contributed by atoms with Gasteiger partial charge in [-0.3, -0.25) is 0 Å². The number of hydrogen-bond acceptors (Lipinski definition) is 6. The third-order valence-electron chi connectivity index (χ3n) is 5.08. The van der Waals surface area contributed by atoms with Crippen LogP contribution in [0.2, 0.25) is 0 Å². The van der Waals surface area contributed by atoms with Gasteiger partial charge in [-0.1, -0.05) is 0 Å². The van der Waals surface area contributed by atoms with Crippen LogP contribution >= 0.6 is 11.8 Å². The van der Waals surface area contributed by atoms with Crippen LogP contribution < -0.4 is 10.6 Å². The molecule has 2 aromatic heterocycles. The van der Waals surface area contributed by atoms with Crippen molar-refractivity contribution in [1.29, 1.82) is 0 Å². The van der Waals surface area contributed by atoms with Gasteiger partial charge >= 0.3 is 172 Å². The number of nitrogens with one attached hydrogen (secondary N) is 2. The van der Waals surface area contributed by atoms with Crippen LogP contribution in [0.25, 0.3) is 11.0 Å². The predicted octanol–water partition coefficient (Wildman–Crippen LogP) is 3.99. The molecule has 3 heterocycles. The molecule has 8 nitrogen and oxygen atoms in total. The molecule has 32 heavy (non-hydrogen) atoms. The predicted molar refractivity (Wildman–Crippen MR) is 125 cm³/mol. The molecule has 0 fully saturated rings. The quantitative estimate of drug-likeness (QED) is 0.420. The molecule has 0 saturated heterocycles. The van der Waals surface area contributed by atoms with Crippen molar-refractivity contribution in [2.75, 3.05) is 11.1 Å². The minimum absolute atomic E-state index is 0.142. The van der Waals surface area contributed by atoms with Gasteiger partial charge < -0.3 is 4.74 Å². The van der Waals surface area contributed by atoms with Crippen LogP contribution in [0.1, 0.15) is 54.7 Å². The fourth-order valence-electron chi connectivity index (χ4n) is 3.64. The van der Waals surface area contributed by atoms with Crippen molar-refractivity contribution in [2.45, 2.75) is 50.7 Å². The van der Waals surface area contributed by atoms with E-state index in [0.717, 1.165) is 39.2 Å². The van der Waals surface area contributed by atoms with Crippen LogP contribution in [-0.2, 0) is 4.74 Å². The van der Waals surface area contributed by atoms with Crippen molar-refractivity contribution in [3.8, 4) is 0 Å². The Morgan fingerprint density at radius 1 is 1.31 bits per heavy atom. The van der Waals surface area contributed by atoms with Crippen molar-refractivity contribution in [2.24, 2.45) is 0 Å². The molecule has 0 unspecified atom stereocenters. The first-order chi connectivity index (χ1) is 15.1. The fourth-order valence-corrected chi connectivity index (χ4v) is 5.84. The summed E-state index contributed by atoms with van der Waals surface area (Å²) in [6, 6.07) is 5.56. The molecule has 3 aromatic rings. The molecule has 0 spiro atoms. The zero-order valence-corrected chi connectivity index (χ0v) is 23.7. The summed E-state index contributed by atoms with van der Waals surface area (Å²) in [6.45, 7) is 7.45. The van der Waals surface area contributed by atoms with Gasteiger partial charge in [-0.15, -0.1) is 0 Å². The van der Waals surface area contributed by atoms with Crippen LogP contribution in [0, 0.1) is 6.92 Å². The molecular weight excluding hydrogens is 619 g/mol. The summed E-state index contributed by atoms with van der Waals surface area (Å²) >= 11 is 2.19. The second kappa shape index (κ2) is 9.01. The number of alkyl carbamates (subject to hydrolysis) is 1. The van der Waals surface area contributed by atoms with Gasteiger partial charge in [-0.25, -0.2) is 4.79 Å². The number of anilines is 1. The maximum atomic E-state index is 13.1. The fraction of sp³-hybridized carbons (Fsp3) is 0.364. The number of carbonyl (C=O) groups is 2. The normalized spacial score (nSPS) is 15.8. The topological polar surface area (TPSA) is 98.1 Å². The van der Waals surface area contributed by atoms with Crippen LogP contribution in [0.4, 0.5) is 10.5 Å². The van der Waals surface area contributed by atoms with E-state index in [0.29, 0.717) is 37.3 Å². The van der Waals surface area contributed by atoms with Gasteiger partial charge in [-0.2, -0.15) is 0 Å². The van der Waals surface area contributed by atoms with Gasteiger partial charge in [0.1, 0.15) is 5.60 Å². The summed E-state index contributed by atoms with van der Waals surface area (Å²) in [6.07, 6.45) is 3.80. The van der Waals surface area contributed by atoms with Crippen molar-refractivity contribution >= 4 is 66.5 Å². The van der Waals surface area contributed by atoms with Gasteiger partial charge in [0.05, 0.1) is 0 Å². The van der Waals surface area contributed by atoms with Crippen molar-refractivity contribution < 1.29 is 14.3 Å². The molecule has 164 valence electrons. The molecule has 1 atom stereocenters. The third-order valence-corrected chi connectivity index (χ3v) is 7.65. The van der Waals surface area contributed by atoms with E-state index < -0.39 is 11.7 Å². The monoisotopic (exact) mass is 643 g/mol. The van der Waals surface area contributed by atoms with Gasteiger partial charge in [0.2, 0.25) is 0 Å². The Hall–Kier alpha value is -2.15. The molecule has 1 aliphatic heterocycles. The first-order valence-electron chi connectivity index (χ1n) is 10.3. The Labute approximate surface area is 207 Å². The first kappa shape index (κ1) is 23.0. The van der Waals surface area contributed by atoms with E-state index in [1.807, 2.05) is 42.3 Å². The number of carbonyl (C=O) groups excluding carboxylic acids is 2. The van der Waals surface area contributed by atoms with Gasteiger partial charge in [0.25, 0.3) is 0 Å². The van der Waals surface area contributed by atoms with Crippen LogP contribution in [0.3, 0.4) is 0 Å². The Morgan fingerprint density at radius 2 is 2.09 bits per heavy atom. The van der Waals surface area contributed by atoms with E-state index in [1.165, 1.54) is 0 Å². The summed E-state index contributed by atoms with van der Waals surface area (Å²) in [7, 11) is 0. The van der Waals surface area contributed by atoms with E-state index in [2.05, 4.69) is 20.7 Å². The minimum Gasteiger partial charge on any atom is -0.444 e. The third kappa shape index (κ3) is 4.93. The second-order valence-electron chi connectivity index (χ2n) is 8.68. The number of benzene rings is 1. The van der Waals surface area contributed by atoms with Gasteiger partial charge in [0, 0.05) is 0 Å². The molecule has 10 heteroatoms. The van der Waals surface area contributed by atoms with Gasteiger partial charge in [0.15, 0.2) is 0 Å². The number of fused-ring (bicyclic) bond motifs is 2. The van der Waals surface area contributed by atoms with E-state index >= 15 is 0 Å². The average molecular weight is 643 g/mol. The smallest absolute Gasteiger partial charge is 0.444 e. The standard InChI is InChI=1S/C22H25N5O3S.Tl/c1-12-9-14-17(26-21(29)30-22(2,3)4)6-8-31-18(14)10-13(12)20(28)25-16-5-7-23-19-15(16)11-24-27-19;/h5,7,9-11,17H,6,8H2,1-4H3,(H3,23,24,25,26,27,28,29);/q;+1/p-1/t17-;/m0./s1. The van der Waals surface area contributed by atoms with Crippen molar-refractivity contribution in [1.82, 2.24) is 17.9 Å². The number of nitrogens with zero attached hydrogens (tertiary/aromatic N) is 3. The Bertz CT molecular complexity index is 1200. The summed E-state index contributed by atoms with van der Waals surface area (Å²) in [4.78, 5) is 30.8. The SMILES string of the molecule is Cc1cc2c(cc1C(=O)Nc1ccnc3c1cn[n]3[Tl])SCC[C@@H]2NC(=O)OC(C)(C)C. The maximum absolute atomic E-state index is 13.1. The molecule has 0 bridgehead atoms. The molecule has 0 aliphatic carbocycles. The van der Waals surface area contributed by atoms with Crippen LogP contribution in [0.15, 0.2) is 35.5 Å². The number of amides is 2. The number of ether oxygens (including phenoxy) is 1. The summed E-state index contributed by atoms with van der Waals surface area (Å²) in [5, 5.41) is 11.1. The van der Waals surface area contributed by atoms with Gasteiger partial charge in [-0.05, 0) is 20.8 Å². The number of aryl methyl sites for hydroxylation is 1. The second-order valence-corrected chi connectivity index (χ2v) is 11.7. The Morgan fingerprint density at radius 3 is 2.84 bits per heavy atom. The molecule has 2 amide bonds. The van der Waals surface area contributed by atoms with E-state index in [9.17, 15) is 9.59 Å². The molecular formula is C22H24N5O3STl. The average Bonchev–Trinajstić information content (AvgIpc) is 3.08. The van der Waals surface area contributed by atoms with Crippen molar-refractivity contribution in [3.05, 3.63) is 47.3 Å². The molecule has 0 saturated carbocycles. The zero-order valence-electron chi connectivity index (χ0n) is 18.4. The summed E-state index contributed by atoms with van der Waals surface area (Å²) in [5.41, 5.74) is 3.40. The molecule has 1 aromatic carbocycles. The van der Waals surface area contributed by atoms with E-state index in [-0.39, 0.29) is 11.9 Å². The number of rotatable bonds is 3. The van der Waals surface area contributed by atoms with E-state index in [1.54, 1.807) is 30.2 Å². The van der Waals surface area contributed by atoms with Crippen molar-refractivity contribution in [3.63, 3.8) is 0 Å². The number of aromatic nitrogens is 3. The summed E-state index contributed by atoms with van der Waals surface area (Å²) < 4.78 is 7.26. The van der Waals surface area contributed by atoms with Crippen LogP contribution in [0.5, 0.6) is 0 Å².